The van der Waals surface area contributed by atoms with E-state index < -0.39 is 23.6 Å². The summed E-state index contributed by atoms with van der Waals surface area (Å²) in [4.78, 5) is 51.6. The predicted molar refractivity (Wildman–Crippen MR) is 60.4 cm³/mol. The first kappa shape index (κ1) is 11.5. The van der Waals surface area contributed by atoms with Gasteiger partial charge in [-0.25, -0.2) is 0 Å². The smallest absolute Gasteiger partial charge is 0.273 e. The summed E-state index contributed by atoms with van der Waals surface area (Å²) >= 11 is 0. The van der Waals surface area contributed by atoms with Crippen LogP contribution in [-0.2, 0) is 9.59 Å². The highest BCUT2D eigenvalue weighted by atomic mass is 16.2. The van der Waals surface area contributed by atoms with Gasteiger partial charge < -0.3 is 0 Å². The minimum absolute atomic E-state index is 0.0290. The first-order chi connectivity index (χ1) is 9.11. The third kappa shape index (κ3) is 1.55. The zero-order valence-electron chi connectivity index (χ0n) is 9.83. The van der Waals surface area contributed by atoms with E-state index in [9.17, 15) is 19.2 Å². The van der Waals surface area contributed by atoms with E-state index in [2.05, 4.69) is 4.98 Å². The van der Waals surface area contributed by atoms with Gasteiger partial charge >= 0.3 is 0 Å². The Kier molecular flexibility index (Phi) is 2.41. The highest BCUT2D eigenvalue weighted by Gasteiger charge is 2.45. The molecule has 96 valence electrons. The van der Waals surface area contributed by atoms with Gasteiger partial charge in [0.2, 0.25) is 11.8 Å². The van der Waals surface area contributed by atoms with Gasteiger partial charge in [0.25, 0.3) is 11.8 Å². The van der Waals surface area contributed by atoms with Crippen LogP contribution in [0.25, 0.3) is 0 Å². The van der Waals surface area contributed by atoms with Crippen molar-refractivity contribution in [2.45, 2.75) is 19.3 Å². The van der Waals surface area contributed by atoms with Crippen molar-refractivity contribution in [2.75, 3.05) is 0 Å². The van der Waals surface area contributed by atoms with Crippen molar-refractivity contribution in [3.63, 3.8) is 0 Å². The SMILES string of the molecule is O=C1CCCC(=O)N1N1C(=O)c2cccnc2C1=O. The maximum atomic E-state index is 12.1. The lowest BCUT2D eigenvalue weighted by Crippen LogP contribution is -2.54. The fourth-order valence-electron chi connectivity index (χ4n) is 2.20. The summed E-state index contributed by atoms with van der Waals surface area (Å²) in [7, 11) is 0. The molecule has 1 aromatic rings. The van der Waals surface area contributed by atoms with Gasteiger partial charge in [0.1, 0.15) is 5.69 Å². The third-order valence-electron chi connectivity index (χ3n) is 3.08. The van der Waals surface area contributed by atoms with Gasteiger partial charge in [-0.05, 0) is 18.6 Å². The zero-order chi connectivity index (χ0) is 13.6. The number of hydrogen-bond donors (Lipinski definition) is 0. The molecule has 3 heterocycles. The Morgan fingerprint density at radius 3 is 2.26 bits per heavy atom. The van der Waals surface area contributed by atoms with Crippen LogP contribution in [-0.4, -0.2) is 38.6 Å². The topological polar surface area (TPSA) is 87.7 Å². The van der Waals surface area contributed by atoms with Gasteiger partial charge in [0.15, 0.2) is 0 Å². The summed E-state index contributed by atoms with van der Waals surface area (Å²) in [6.45, 7) is 0. The second-order valence-corrected chi connectivity index (χ2v) is 4.27. The highest BCUT2D eigenvalue weighted by Crippen LogP contribution is 2.25. The Morgan fingerprint density at radius 2 is 1.63 bits per heavy atom. The van der Waals surface area contributed by atoms with Crippen molar-refractivity contribution in [2.24, 2.45) is 0 Å². The van der Waals surface area contributed by atoms with Crippen molar-refractivity contribution < 1.29 is 19.2 Å². The molecule has 0 aliphatic carbocycles. The lowest BCUT2D eigenvalue weighted by molar-refractivity contribution is -0.160. The molecule has 0 atom stereocenters. The molecule has 2 aliphatic heterocycles. The number of pyridine rings is 1. The van der Waals surface area contributed by atoms with Crippen LogP contribution in [0.5, 0.6) is 0 Å². The van der Waals surface area contributed by atoms with Gasteiger partial charge in [-0.3, -0.25) is 24.2 Å². The van der Waals surface area contributed by atoms with Crippen LogP contribution in [0.1, 0.15) is 40.1 Å². The van der Waals surface area contributed by atoms with E-state index in [-0.39, 0.29) is 24.1 Å². The third-order valence-corrected chi connectivity index (χ3v) is 3.08. The lowest BCUT2D eigenvalue weighted by atomic mass is 10.1. The number of piperidine rings is 1. The summed E-state index contributed by atoms with van der Waals surface area (Å²) in [5.74, 6) is -2.49. The van der Waals surface area contributed by atoms with E-state index in [1.54, 1.807) is 0 Å². The number of fused-ring (bicyclic) bond motifs is 1. The number of carbonyl (C=O) groups excluding carboxylic acids is 4. The fourth-order valence-corrected chi connectivity index (χ4v) is 2.20. The minimum atomic E-state index is -0.732. The summed E-state index contributed by atoms with van der Waals surface area (Å²) < 4.78 is 0. The summed E-state index contributed by atoms with van der Waals surface area (Å²) in [5.41, 5.74) is 0.0809. The van der Waals surface area contributed by atoms with Crippen LogP contribution in [0.3, 0.4) is 0 Å². The van der Waals surface area contributed by atoms with Crippen LogP contribution in [0.15, 0.2) is 18.3 Å². The first-order valence-corrected chi connectivity index (χ1v) is 5.81. The number of imide groups is 2. The number of carbonyl (C=O) groups is 4. The van der Waals surface area contributed by atoms with Gasteiger partial charge in [-0.15, -0.1) is 0 Å². The van der Waals surface area contributed by atoms with Crippen LogP contribution >= 0.6 is 0 Å². The number of nitrogens with zero attached hydrogens (tertiary/aromatic N) is 3. The normalized spacial score (nSPS) is 19.2. The molecule has 0 spiro atoms. The van der Waals surface area contributed by atoms with E-state index in [4.69, 9.17) is 0 Å². The van der Waals surface area contributed by atoms with E-state index in [1.165, 1.54) is 18.3 Å². The zero-order valence-corrected chi connectivity index (χ0v) is 9.83. The molecule has 1 saturated heterocycles. The monoisotopic (exact) mass is 259 g/mol. The highest BCUT2D eigenvalue weighted by molar-refractivity contribution is 6.22. The Labute approximate surface area is 107 Å². The fraction of sp³-hybridized carbons (Fsp3) is 0.250. The largest absolute Gasteiger partial charge is 0.299 e. The molecule has 0 saturated carbocycles. The molecule has 7 heteroatoms. The minimum Gasteiger partial charge on any atom is -0.273 e. The molecule has 0 aromatic carbocycles. The standard InChI is InChI=1S/C12H9N3O4/c16-8-4-1-5-9(17)14(8)15-11(18)7-3-2-6-13-10(7)12(15)19/h2-3,6H,1,4-5H2. The lowest BCUT2D eigenvalue weighted by Gasteiger charge is -2.30. The Morgan fingerprint density at radius 1 is 0.947 bits per heavy atom. The summed E-state index contributed by atoms with van der Waals surface area (Å²) in [5, 5.41) is 1.25. The number of aromatic nitrogens is 1. The maximum absolute atomic E-state index is 12.1. The van der Waals surface area contributed by atoms with Crippen LogP contribution in [0.2, 0.25) is 0 Å². The van der Waals surface area contributed by atoms with Crippen LogP contribution in [0.4, 0.5) is 0 Å². The average Bonchev–Trinajstić information content (AvgIpc) is 2.64. The average molecular weight is 259 g/mol. The molecule has 4 amide bonds. The molecule has 1 fully saturated rings. The van der Waals surface area contributed by atoms with Gasteiger partial charge in [0, 0.05) is 19.0 Å². The van der Waals surface area contributed by atoms with Gasteiger partial charge in [-0.1, -0.05) is 0 Å². The van der Waals surface area contributed by atoms with Gasteiger partial charge in [0.05, 0.1) is 5.56 Å². The molecular weight excluding hydrogens is 250 g/mol. The summed E-state index contributed by atoms with van der Waals surface area (Å²) in [6, 6.07) is 2.97. The molecule has 1 aromatic heterocycles. The molecule has 3 rings (SSSR count). The predicted octanol–water partition coefficient (Wildman–Crippen LogP) is 0.132. The number of amides is 4. The second kappa shape index (κ2) is 3.98. The van der Waals surface area contributed by atoms with Crippen molar-refractivity contribution in [3.8, 4) is 0 Å². The number of rotatable bonds is 1. The number of hydrazine groups is 1. The molecule has 7 nitrogen and oxygen atoms in total. The van der Waals surface area contributed by atoms with Crippen molar-refractivity contribution in [3.05, 3.63) is 29.6 Å². The quantitative estimate of drug-likeness (QED) is 0.669. The van der Waals surface area contributed by atoms with Crippen molar-refractivity contribution in [1.29, 1.82) is 0 Å². The van der Waals surface area contributed by atoms with Gasteiger partial charge in [-0.2, -0.15) is 10.0 Å². The van der Waals surface area contributed by atoms with E-state index >= 15 is 0 Å². The molecule has 2 aliphatic rings. The second-order valence-electron chi connectivity index (χ2n) is 4.27. The number of hydrogen-bond acceptors (Lipinski definition) is 5. The molecule has 19 heavy (non-hydrogen) atoms. The van der Waals surface area contributed by atoms with Crippen molar-refractivity contribution in [1.82, 2.24) is 15.0 Å². The molecular formula is C12H9N3O4. The Bertz CT molecular complexity index is 574. The Hall–Kier alpha value is -2.57. The first-order valence-electron chi connectivity index (χ1n) is 5.81. The molecule has 0 N–H and O–H groups in total. The van der Waals surface area contributed by atoms with Crippen molar-refractivity contribution >= 4 is 23.6 Å². The van der Waals surface area contributed by atoms with E-state index in [0.29, 0.717) is 16.4 Å². The van der Waals surface area contributed by atoms with Crippen LogP contribution < -0.4 is 0 Å². The Balaban J connectivity index is 2.04. The van der Waals surface area contributed by atoms with E-state index in [0.717, 1.165) is 0 Å². The molecule has 0 unspecified atom stereocenters. The summed E-state index contributed by atoms with van der Waals surface area (Å²) in [6.07, 6.45) is 2.11. The molecule has 0 bridgehead atoms. The maximum Gasteiger partial charge on any atom is 0.299 e. The molecule has 0 radical (unpaired) electrons. The van der Waals surface area contributed by atoms with E-state index in [1.807, 2.05) is 0 Å². The van der Waals surface area contributed by atoms with Crippen LogP contribution in [0, 0.1) is 0 Å².